The second kappa shape index (κ2) is 9.52. The Morgan fingerprint density at radius 3 is 2.62 bits per heavy atom. The highest BCUT2D eigenvalue weighted by molar-refractivity contribution is 6.30. The first-order chi connectivity index (χ1) is 13.9. The number of benzene rings is 2. The highest BCUT2D eigenvalue weighted by Crippen LogP contribution is 2.27. The van der Waals surface area contributed by atoms with Crippen molar-refractivity contribution in [2.24, 2.45) is 5.92 Å². The third-order valence-electron chi connectivity index (χ3n) is 4.60. The summed E-state index contributed by atoms with van der Waals surface area (Å²) >= 11 is 5.82. The van der Waals surface area contributed by atoms with Crippen LogP contribution in [-0.4, -0.2) is 37.5 Å². The van der Waals surface area contributed by atoms with Crippen LogP contribution < -0.4 is 10.2 Å². The molecule has 0 unspecified atom stereocenters. The summed E-state index contributed by atoms with van der Waals surface area (Å²) < 4.78 is 18.9. The van der Waals surface area contributed by atoms with Gasteiger partial charge in [0.05, 0.1) is 11.6 Å². The molecule has 1 saturated heterocycles. The summed E-state index contributed by atoms with van der Waals surface area (Å²) in [4.78, 5) is 37.4. The Bertz CT molecular complexity index is 904. The van der Waals surface area contributed by atoms with E-state index in [1.807, 2.05) is 12.1 Å². The van der Waals surface area contributed by atoms with E-state index in [1.54, 1.807) is 18.2 Å². The number of carbonyl (C=O) groups is 3. The van der Waals surface area contributed by atoms with Crippen LogP contribution >= 0.6 is 11.6 Å². The molecule has 1 atom stereocenters. The first-order valence-electron chi connectivity index (χ1n) is 9.16. The fraction of sp³-hybridized carbons (Fsp3) is 0.286. The molecule has 2 aromatic carbocycles. The lowest BCUT2D eigenvalue weighted by molar-refractivity contribution is -0.152. The van der Waals surface area contributed by atoms with Crippen LogP contribution in [-0.2, 0) is 25.5 Å². The minimum absolute atomic E-state index is 0.0246. The lowest BCUT2D eigenvalue weighted by atomic mass is 10.1. The number of amides is 2. The van der Waals surface area contributed by atoms with Crippen molar-refractivity contribution in [2.45, 2.75) is 12.8 Å². The summed E-state index contributed by atoms with van der Waals surface area (Å²) in [6.45, 7) is -0.0123. The van der Waals surface area contributed by atoms with Gasteiger partial charge in [-0.25, -0.2) is 4.39 Å². The summed E-state index contributed by atoms with van der Waals surface area (Å²) in [5.41, 5.74) is 1.15. The lowest BCUT2D eigenvalue weighted by Crippen LogP contribution is -2.32. The van der Waals surface area contributed by atoms with E-state index in [0.29, 0.717) is 18.0 Å². The highest BCUT2D eigenvalue weighted by atomic mass is 35.5. The molecule has 0 aromatic heterocycles. The fourth-order valence-electron chi connectivity index (χ4n) is 3.07. The monoisotopic (exact) mass is 418 g/mol. The van der Waals surface area contributed by atoms with Gasteiger partial charge in [0.25, 0.3) is 5.91 Å². The van der Waals surface area contributed by atoms with Crippen LogP contribution in [0.25, 0.3) is 0 Å². The maximum absolute atomic E-state index is 13.9. The van der Waals surface area contributed by atoms with Crippen molar-refractivity contribution in [3.8, 4) is 0 Å². The number of hydrogen-bond donors (Lipinski definition) is 1. The fourth-order valence-corrected chi connectivity index (χ4v) is 3.20. The topological polar surface area (TPSA) is 75.7 Å². The van der Waals surface area contributed by atoms with Crippen molar-refractivity contribution in [2.75, 3.05) is 24.6 Å². The molecule has 2 amide bonds. The molecule has 0 saturated carbocycles. The average molecular weight is 419 g/mol. The normalized spacial score (nSPS) is 16.0. The van der Waals surface area contributed by atoms with Crippen molar-refractivity contribution in [3.63, 3.8) is 0 Å². The molecule has 0 spiro atoms. The van der Waals surface area contributed by atoms with Gasteiger partial charge in [0.15, 0.2) is 6.61 Å². The zero-order valence-electron chi connectivity index (χ0n) is 15.6. The van der Waals surface area contributed by atoms with Gasteiger partial charge in [-0.15, -0.1) is 0 Å². The standard InChI is InChI=1S/C21H20ClFN2O4/c22-16-7-5-14(6-8-16)9-10-24-19(26)13-29-21(28)15-11-20(27)25(12-15)18-4-2-1-3-17(18)23/h1-8,15H,9-13H2,(H,24,26)/t15-/m0/s1. The van der Waals surface area contributed by atoms with Gasteiger partial charge >= 0.3 is 5.97 Å². The van der Waals surface area contributed by atoms with Gasteiger partial charge in [0.1, 0.15) is 5.82 Å². The molecule has 0 aliphatic carbocycles. The number of nitrogens with zero attached hydrogens (tertiary/aromatic N) is 1. The molecule has 0 bridgehead atoms. The quantitative estimate of drug-likeness (QED) is 0.701. The van der Waals surface area contributed by atoms with E-state index in [1.165, 1.54) is 23.1 Å². The second-order valence-corrected chi connectivity index (χ2v) is 7.13. The van der Waals surface area contributed by atoms with E-state index in [0.717, 1.165) is 5.56 Å². The Labute approximate surface area is 172 Å². The van der Waals surface area contributed by atoms with E-state index in [-0.39, 0.29) is 24.6 Å². The molecule has 2 aromatic rings. The summed E-state index contributed by atoms with van der Waals surface area (Å²) in [6.07, 6.45) is 0.539. The minimum Gasteiger partial charge on any atom is -0.455 e. The van der Waals surface area contributed by atoms with Crippen LogP contribution in [0.15, 0.2) is 48.5 Å². The molecule has 3 rings (SSSR count). The molecular weight excluding hydrogens is 399 g/mol. The molecule has 0 radical (unpaired) electrons. The molecule has 29 heavy (non-hydrogen) atoms. The van der Waals surface area contributed by atoms with Gasteiger partial charge in [-0.1, -0.05) is 35.9 Å². The number of carbonyl (C=O) groups excluding carboxylic acids is 3. The third-order valence-corrected chi connectivity index (χ3v) is 4.85. The first kappa shape index (κ1) is 20.8. The van der Waals surface area contributed by atoms with Crippen molar-refractivity contribution >= 4 is 35.1 Å². The SMILES string of the molecule is O=C(COC(=O)[C@H]1CC(=O)N(c2ccccc2F)C1)NCCc1ccc(Cl)cc1. The number of ether oxygens (including phenoxy) is 1. The van der Waals surface area contributed by atoms with E-state index in [2.05, 4.69) is 5.32 Å². The largest absolute Gasteiger partial charge is 0.455 e. The van der Waals surface area contributed by atoms with Gasteiger partial charge in [-0.3, -0.25) is 14.4 Å². The molecule has 8 heteroatoms. The molecule has 1 fully saturated rings. The van der Waals surface area contributed by atoms with Crippen LogP contribution in [0.3, 0.4) is 0 Å². The number of rotatable bonds is 7. The van der Waals surface area contributed by atoms with Crippen LogP contribution in [0, 0.1) is 11.7 Å². The van der Waals surface area contributed by atoms with E-state index in [4.69, 9.17) is 16.3 Å². The van der Waals surface area contributed by atoms with Crippen LogP contribution in [0.2, 0.25) is 5.02 Å². The molecular formula is C21H20ClFN2O4. The van der Waals surface area contributed by atoms with Crippen molar-refractivity contribution in [1.82, 2.24) is 5.32 Å². The average Bonchev–Trinajstić information content (AvgIpc) is 3.09. The van der Waals surface area contributed by atoms with Crippen molar-refractivity contribution in [3.05, 3.63) is 64.9 Å². The first-order valence-corrected chi connectivity index (χ1v) is 9.54. The van der Waals surface area contributed by atoms with Gasteiger partial charge in [0.2, 0.25) is 5.91 Å². The Morgan fingerprint density at radius 1 is 1.17 bits per heavy atom. The Kier molecular flexibility index (Phi) is 6.82. The number of hydrogen-bond acceptors (Lipinski definition) is 4. The number of para-hydroxylation sites is 1. The number of anilines is 1. The van der Waals surface area contributed by atoms with Crippen molar-refractivity contribution in [1.29, 1.82) is 0 Å². The van der Waals surface area contributed by atoms with E-state index >= 15 is 0 Å². The predicted octanol–water partition coefficient (Wildman–Crippen LogP) is 2.73. The smallest absolute Gasteiger partial charge is 0.311 e. The van der Waals surface area contributed by atoms with Gasteiger partial charge in [-0.2, -0.15) is 0 Å². The maximum Gasteiger partial charge on any atom is 0.311 e. The molecule has 152 valence electrons. The summed E-state index contributed by atoms with van der Waals surface area (Å²) in [5.74, 6) is -2.70. The predicted molar refractivity (Wildman–Crippen MR) is 106 cm³/mol. The summed E-state index contributed by atoms with van der Waals surface area (Å²) in [7, 11) is 0. The van der Waals surface area contributed by atoms with E-state index in [9.17, 15) is 18.8 Å². The molecule has 1 aliphatic rings. The van der Waals surface area contributed by atoms with Crippen molar-refractivity contribution < 1.29 is 23.5 Å². The Hall–Kier alpha value is -2.93. The Morgan fingerprint density at radius 2 is 1.90 bits per heavy atom. The Balaban J connectivity index is 1.42. The summed E-state index contributed by atoms with van der Waals surface area (Å²) in [6, 6.07) is 13.2. The van der Waals surface area contributed by atoms with E-state index < -0.39 is 30.2 Å². The number of nitrogens with one attached hydrogen (secondary N) is 1. The van der Waals surface area contributed by atoms with Gasteiger partial charge in [-0.05, 0) is 36.2 Å². The van der Waals surface area contributed by atoms with Crippen LogP contribution in [0.1, 0.15) is 12.0 Å². The molecule has 1 aliphatic heterocycles. The third kappa shape index (κ3) is 5.54. The van der Waals surface area contributed by atoms with Crippen LogP contribution in [0.4, 0.5) is 10.1 Å². The van der Waals surface area contributed by atoms with Gasteiger partial charge in [0, 0.05) is 24.5 Å². The second-order valence-electron chi connectivity index (χ2n) is 6.69. The summed E-state index contributed by atoms with van der Waals surface area (Å²) in [5, 5.41) is 3.31. The van der Waals surface area contributed by atoms with Gasteiger partial charge < -0.3 is 15.0 Å². The molecule has 6 nitrogen and oxygen atoms in total. The minimum atomic E-state index is -0.732. The number of esters is 1. The zero-order chi connectivity index (χ0) is 20.8. The molecule has 1 heterocycles. The maximum atomic E-state index is 13.9. The number of halogens is 2. The highest BCUT2D eigenvalue weighted by Gasteiger charge is 2.37. The zero-order valence-corrected chi connectivity index (χ0v) is 16.3. The van der Waals surface area contributed by atoms with Crippen LogP contribution in [0.5, 0.6) is 0 Å². The lowest BCUT2D eigenvalue weighted by Gasteiger charge is -2.17. The molecule has 1 N–H and O–H groups in total.